The van der Waals surface area contributed by atoms with Crippen molar-refractivity contribution in [2.75, 3.05) is 39.6 Å². The third-order valence-electron chi connectivity index (χ3n) is 19.5. The van der Waals surface area contributed by atoms with Gasteiger partial charge in [-0.05, 0) is 31.6 Å². The fraction of sp³-hybridized carbons (Fsp3) is 0.952. The van der Waals surface area contributed by atoms with Crippen LogP contribution in [0.15, 0.2) is 0 Å². The van der Waals surface area contributed by atoms with E-state index in [1.165, 1.54) is 270 Å². The first-order valence-electron chi connectivity index (χ1n) is 43.1. The molecule has 19 heteroatoms. The minimum absolute atomic E-state index is 0.107. The first-order chi connectivity index (χ1) is 49.5. The number of phosphoric acid groups is 2. The van der Waals surface area contributed by atoms with E-state index in [1.54, 1.807) is 0 Å². The van der Waals surface area contributed by atoms with Gasteiger partial charge in [-0.15, -0.1) is 0 Å². The Balaban J connectivity index is 5.24. The number of phosphoric ester groups is 2. The van der Waals surface area contributed by atoms with E-state index >= 15 is 0 Å². The van der Waals surface area contributed by atoms with Crippen molar-refractivity contribution in [1.82, 2.24) is 0 Å². The van der Waals surface area contributed by atoms with Crippen LogP contribution in [0.5, 0.6) is 0 Å². The third-order valence-corrected chi connectivity index (χ3v) is 21.4. The molecule has 0 aromatic heterocycles. The van der Waals surface area contributed by atoms with E-state index in [9.17, 15) is 43.2 Å². The second kappa shape index (κ2) is 75.9. The molecule has 0 aliphatic rings. The Hall–Kier alpha value is -1.94. The lowest BCUT2D eigenvalue weighted by molar-refractivity contribution is -0.161. The summed E-state index contributed by atoms with van der Waals surface area (Å²) in [5.74, 6) is -1.34. The molecule has 0 spiro atoms. The molecule has 0 aliphatic carbocycles. The quantitative estimate of drug-likeness (QED) is 0.0222. The van der Waals surface area contributed by atoms with Crippen molar-refractivity contribution in [3.05, 3.63) is 0 Å². The number of rotatable bonds is 83. The molecule has 0 saturated carbocycles. The predicted octanol–water partition coefficient (Wildman–Crippen LogP) is 25.2. The minimum atomic E-state index is -4.96. The Kier molecular flexibility index (Phi) is 74.4. The average molecular weight is 1490 g/mol. The summed E-state index contributed by atoms with van der Waals surface area (Å²) in [4.78, 5) is 73.1. The number of carbonyl (C=O) groups excluding carboxylic acids is 4. The normalized spacial score (nSPS) is 13.8. The van der Waals surface area contributed by atoms with Crippen LogP contribution in [0.1, 0.15) is 446 Å². The molecule has 2 unspecified atom stereocenters. The molecule has 0 heterocycles. The zero-order valence-electron chi connectivity index (χ0n) is 66.8. The lowest BCUT2D eigenvalue weighted by Crippen LogP contribution is -2.30. The molecule has 606 valence electrons. The highest BCUT2D eigenvalue weighted by atomic mass is 31.2. The van der Waals surface area contributed by atoms with Gasteiger partial charge in [-0.2, -0.15) is 0 Å². The first-order valence-corrected chi connectivity index (χ1v) is 46.1. The Morgan fingerprint density at radius 3 is 0.667 bits per heavy atom. The van der Waals surface area contributed by atoms with E-state index in [0.717, 1.165) is 95.8 Å². The number of hydrogen-bond donors (Lipinski definition) is 3. The standard InChI is InChI=1S/C83H162O17P2/c1-6-9-12-15-18-21-24-26-28-30-32-34-36-38-43-48-53-58-63-68-82(87)99-79(73-94-81(86)67-62-57-52-47-42-37-35-33-31-29-27-25-22-19-16-13-10-7-2)75-98-102(91,92)96-71-77(84)70-95-101(89,90)97-74-78(72-93-80(85)66-61-56-51-46-40-23-20-17-14-11-8-3)100-83(88)69-64-59-54-49-44-39-41-45-50-55-60-65-76(4)5/h76-79,84H,6-75H2,1-5H3,(H,89,90)(H,91,92)/t77-,78+,79+/m0/s1. The summed E-state index contributed by atoms with van der Waals surface area (Å²) in [6, 6.07) is 0. The maximum atomic E-state index is 13.1. The molecule has 0 aliphatic heterocycles. The van der Waals surface area contributed by atoms with Crippen molar-refractivity contribution < 1.29 is 80.2 Å². The number of esters is 4. The molecule has 0 saturated heterocycles. The summed E-state index contributed by atoms with van der Waals surface area (Å²) < 4.78 is 68.8. The van der Waals surface area contributed by atoms with Gasteiger partial charge in [0.15, 0.2) is 12.2 Å². The monoisotopic (exact) mass is 1490 g/mol. The summed E-state index contributed by atoms with van der Waals surface area (Å²) in [6.07, 6.45) is 68.0. The highest BCUT2D eigenvalue weighted by Gasteiger charge is 2.30. The smallest absolute Gasteiger partial charge is 0.462 e. The number of ether oxygens (including phenoxy) is 4. The molecule has 0 radical (unpaired) electrons. The predicted molar refractivity (Wildman–Crippen MR) is 418 cm³/mol. The number of carbonyl (C=O) groups is 4. The first kappa shape index (κ1) is 100. The second-order valence-electron chi connectivity index (χ2n) is 30.3. The van der Waals surface area contributed by atoms with Crippen molar-refractivity contribution in [2.24, 2.45) is 5.92 Å². The molecule has 102 heavy (non-hydrogen) atoms. The van der Waals surface area contributed by atoms with E-state index in [2.05, 4.69) is 34.6 Å². The van der Waals surface area contributed by atoms with Crippen LogP contribution in [0.25, 0.3) is 0 Å². The number of hydrogen-bond acceptors (Lipinski definition) is 15. The summed E-state index contributed by atoms with van der Waals surface area (Å²) in [6.45, 7) is 7.34. The van der Waals surface area contributed by atoms with Crippen molar-refractivity contribution in [1.29, 1.82) is 0 Å². The molecule has 3 N–H and O–H groups in total. The number of unbranched alkanes of at least 4 members (excludes halogenated alkanes) is 55. The van der Waals surface area contributed by atoms with Crippen molar-refractivity contribution in [2.45, 2.75) is 464 Å². The van der Waals surface area contributed by atoms with Crippen molar-refractivity contribution >= 4 is 39.5 Å². The molecule has 0 aromatic carbocycles. The van der Waals surface area contributed by atoms with Gasteiger partial charge in [0.05, 0.1) is 26.4 Å². The molecule has 0 rings (SSSR count). The third kappa shape index (κ3) is 76.3. The molecule has 5 atom stereocenters. The van der Waals surface area contributed by atoms with Crippen LogP contribution < -0.4 is 0 Å². The molecule has 0 aromatic rings. The molecule has 0 amide bonds. The SMILES string of the molecule is CCCCCCCCCCCCCCCCCCCCCC(=O)O[C@H](COC(=O)CCCCCCCCCCCCCCCCCCCC)COP(=O)(O)OC[C@@H](O)COP(=O)(O)OC[C@@H](COC(=O)CCCCCCCCCCCCC)OC(=O)CCCCCCCCCCCCCC(C)C. The van der Waals surface area contributed by atoms with Gasteiger partial charge in [0.25, 0.3) is 0 Å². The molecule has 0 fully saturated rings. The lowest BCUT2D eigenvalue weighted by Gasteiger charge is -2.21. The maximum absolute atomic E-state index is 13.1. The van der Waals surface area contributed by atoms with Crippen LogP contribution in [0.4, 0.5) is 0 Å². The van der Waals surface area contributed by atoms with Crippen LogP contribution in [0.2, 0.25) is 0 Å². The van der Waals surface area contributed by atoms with Gasteiger partial charge in [-0.1, -0.05) is 394 Å². The zero-order chi connectivity index (χ0) is 74.8. The van der Waals surface area contributed by atoms with Gasteiger partial charge in [0, 0.05) is 25.7 Å². The van der Waals surface area contributed by atoms with Gasteiger partial charge < -0.3 is 33.8 Å². The number of aliphatic hydroxyl groups is 1. The van der Waals surface area contributed by atoms with Crippen molar-refractivity contribution in [3.63, 3.8) is 0 Å². The van der Waals surface area contributed by atoms with Gasteiger partial charge in [0.1, 0.15) is 19.3 Å². The maximum Gasteiger partial charge on any atom is 0.472 e. The van der Waals surface area contributed by atoms with Crippen LogP contribution in [0, 0.1) is 5.92 Å². The fourth-order valence-electron chi connectivity index (χ4n) is 12.9. The van der Waals surface area contributed by atoms with Crippen LogP contribution in [-0.2, 0) is 65.4 Å². The van der Waals surface area contributed by atoms with Crippen LogP contribution >= 0.6 is 15.6 Å². The van der Waals surface area contributed by atoms with Gasteiger partial charge >= 0.3 is 39.5 Å². The lowest BCUT2D eigenvalue weighted by atomic mass is 10.0. The van der Waals surface area contributed by atoms with Crippen molar-refractivity contribution in [3.8, 4) is 0 Å². The van der Waals surface area contributed by atoms with E-state index in [1.807, 2.05) is 0 Å². The molecule has 0 bridgehead atoms. The van der Waals surface area contributed by atoms with Crippen LogP contribution in [0.3, 0.4) is 0 Å². The van der Waals surface area contributed by atoms with Crippen LogP contribution in [-0.4, -0.2) is 96.7 Å². The van der Waals surface area contributed by atoms with Gasteiger partial charge in [-0.25, -0.2) is 9.13 Å². The Bertz CT molecular complexity index is 1940. The highest BCUT2D eigenvalue weighted by Crippen LogP contribution is 2.45. The average Bonchev–Trinajstić information content (AvgIpc) is 0.923. The summed E-state index contributed by atoms with van der Waals surface area (Å²) >= 11 is 0. The Labute approximate surface area is 626 Å². The molecular formula is C83H162O17P2. The van der Waals surface area contributed by atoms with E-state index < -0.39 is 97.5 Å². The van der Waals surface area contributed by atoms with E-state index in [0.29, 0.717) is 25.7 Å². The number of aliphatic hydroxyl groups excluding tert-OH is 1. The Morgan fingerprint density at radius 1 is 0.265 bits per heavy atom. The largest absolute Gasteiger partial charge is 0.472 e. The van der Waals surface area contributed by atoms with E-state index in [4.69, 9.17) is 37.0 Å². The highest BCUT2D eigenvalue weighted by molar-refractivity contribution is 7.47. The van der Waals surface area contributed by atoms with Gasteiger partial charge in [0.2, 0.25) is 0 Å². The Morgan fingerprint density at radius 2 is 0.451 bits per heavy atom. The van der Waals surface area contributed by atoms with Gasteiger partial charge in [-0.3, -0.25) is 37.3 Å². The summed E-state index contributed by atoms with van der Waals surface area (Å²) in [7, 11) is -9.92. The summed E-state index contributed by atoms with van der Waals surface area (Å²) in [5.41, 5.74) is 0. The molecule has 17 nitrogen and oxygen atoms in total. The molecular weight excluding hydrogens is 1330 g/mol. The summed E-state index contributed by atoms with van der Waals surface area (Å²) in [5, 5.41) is 10.7. The minimum Gasteiger partial charge on any atom is -0.462 e. The fourth-order valence-corrected chi connectivity index (χ4v) is 14.5. The van der Waals surface area contributed by atoms with E-state index in [-0.39, 0.29) is 25.7 Å². The second-order valence-corrected chi connectivity index (χ2v) is 33.3. The topological polar surface area (TPSA) is 237 Å². The zero-order valence-corrected chi connectivity index (χ0v) is 68.5.